The van der Waals surface area contributed by atoms with Gasteiger partial charge < -0.3 is 9.47 Å². The Morgan fingerprint density at radius 1 is 1.04 bits per heavy atom. The van der Waals surface area contributed by atoms with E-state index < -0.39 is 12.2 Å². The van der Waals surface area contributed by atoms with Crippen molar-refractivity contribution in [1.82, 2.24) is 9.97 Å². The summed E-state index contributed by atoms with van der Waals surface area (Å²) in [6, 6.07) is 10.4. The van der Waals surface area contributed by atoms with Crippen molar-refractivity contribution >= 4 is 0 Å². The first-order valence-corrected chi connectivity index (χ1v) is 7.29. The van der Waals surface area contributed by atoms with Crippen molar-refractivity contribution in [3.63, 3.8) is 0 Å². The average molecular weight is 346 g/mol. The first kappa shape index (κ1) is 16.8. The Hall–Kier alpha value is -3.09. The molecule has 25 heavy (non-hydrogen) atoms. The summed E-state index contributed by atoms with van der Waals surface area (Å²) in [5, 5.41) is 0. The summed E-state index contributed by atoms with van der Waals surface area (Å²) in [5.41, 5.74) is 0.897. The topological polar surface area (TPSA) is 44.2 Å². The highest BCUT2D eigenvalue weighted by Gasteiger charge is 2.13. The maximum absolute atomic E-state index is 13.6. The van der Waals surface area contributed by atoms with Gasteiger partial charge in [0.1, 0.15) is 11.4 Å². The molecule has 0 saturated carbocycles. The van der Waals surface area contributed by atoms with Gasteiger partial charge in [-0.05, 0) is 42.0 Å². The number of aromatic nitrogens is 2. The molecule has 4 nitrogen and oxygen atoms in total. The van der Waals surface area contributed by atoms with Crippen LogP contribution in [0.15, 0.2) is 54.9 Å². The number of benzene rings is 1. The number of methoxy groups -OCH3 is 1. The molecule has 0 spiro atoms. The quantitative estimate of drug-likeness (QED) is 0.651. The van der Waals surface area contributed by atoms with Crippen molar-refractivity contribution in [1.29, 1.82) is 0 Å². The van der Waals surface area contributed by atoms with Gasteiger partial charge in [-0.15, -0.1) is 0 Å². The minimum absolute atomic E-state index is 0.0928. The first-order valence-electron chi connectivity index (χ1n) is 7.29. The van der Waals surface area contributed by atoms with E-state index in [1.165, 1.54) is 43.8 Å². The Balaban J connectivity index is 1.93. The van der Waals surface area contributed by atoms with E-state index in [9.17, 15) is 13.2 Å². The molecule has 0 unspecified atom stereocenters. The number of nitrogens with zero attached hydrogens (tertiary/aromatic N) is 2. The predicted octanol–water partition coefficient (Wildman–Crippen LogP) is 5.02. The summed E-state index contributed by atoms with van der Waals surface area (Å²) in [4.78, 5) is 7.80. The third-order valence-electron chi connectivity index (χ3n) is 3.43. The van der Waals surface area contributed by atoms with Crippen molar-refractivity contribution in [2.75, 3.05) is 7.11 Å². The predicted molar refractivity (Wildman–Crippen MR) is 85.5 cm³/mol. The van der Waals surface area contributed by atoms with Crippen LogP contribution in [0.4, 0.5) is 13.2 Å². The summed E-state index contributed by atoms with van der Waals surface area (Å²) < 4.78 is 49.3. The second-order valence-corrected chi connectivity index (χ2v) is 5.03. The number of hydrogen-bond donors (Lipinski definition) is 0. The highest BCUT2D eigenvalue weighted by molar-refractivity contribution is 5.70. The van der Waals surface area contributed by atoms with E-state index in [1.54, 1.807) is 18.2 Å². The number of halogens is 3. The van der Waals surface area contributed by atoms with Crippen LogP contribution in [0.2, 0.25) is 0 Å². The molecule has 0 bridgehead atoms. The molecule has 0 aliphatic rings. The lowest BCUT2D eigenvalue weighted by Gasteiger charge is -2.11. The van der Waals surface area contributed by atoms with E-state index in [0.29, 0.717) is 11.1 Å². The van der Waals surface area contributed by atoms with E-state index in [0.717, 1.165) is 0 Å². The maximum Gasteiger partial charge on any atom is 0.280 e. The molecule has 0 saturated heterocycles. The van der Waals surface area contributed by atoms with Crippen LogP contribution in [-0.2, 0) is 0 Å². The molecule has 128 valence electrons. The van der Waals surface area contributed by atoms with Crippen molar-refractivity contribution in [3.8, 4) is 28.5 Å². The highest BCUT2D eigenvalue weighted by Crippen LogP contribution is 2.34. The first-order chi connectivity index (χ1) is 12.1. The number of hydrogen-bond acceptors (Lipinski definition) is 4. The molecule has 0 radical (unpaired) electrons. The summed E-state index contributed by atoms with van der Waals surface area (Å²) >= 11 is 0. The van der Waals surface area contributed by atoms with Gasteiger partial charge >= 0.3 is 0 Å². The number of rotatable bonds is 5. The molecule has 0 atom stereocenters. The zero-order valence-electron chi connectivity index (χ0n) is 13.1. The van der Waals surface area contributed by atoms with E-state index in [4.69, 9.17) is 9.47 Å². The van der Waals surface area contributed by atoms with Crippen molar-refractivity contribution in [2.45, 2.75) is 6.43 Å². The Kier molecular flexibility index (Phi) is 4.83. The second kappa shape index (κ2) is 7.21. The van der Waals surface area contributed by atoms with Crippen molar-refractivity contribution < 1.29 is 22.6 Å². The lowest BCUT2D eigenvalue weighted by atomic mass is 10.1. The molecule has 2 heterocycles. The lowest BCUT2D eigenvalue weighted by molar-refractivity contribution is 0.146. The Morgan fingerprint density at radius 3 is 2.56 bits per heavy atom. The second-order valence-electron chi connectivity index (χ2n) is 5.03. The molecule has 7 heteroatoms. The summed E-state index contributed by atoms with van der Waals surface area (Å²) in [6.45, 7) is 0. The normalized spacial score (nSPS) is 10.8. The molecule has 0 N–H and O–H groups in total. The summed E-state index contributed by atoms with van der Waals surface area (Å²) in [6.07, 6.45) is 0.0808. The van der Waals surface area contributed by atoms with Gasteiger partial charge in [-0.2, -0.15) is 0 Å². The fourth-order valence-corrected chi connectivity index (χ4v) is 2.21. The molecule has 0 amide bonds. The molecule has 3 aromatic rings. The van der Waals surface area contributed by atoms with Gasteiger partial charge in [0.25, 0.3) is 6.43 Å². The summed E-state index contributed by atoms with van der Waals surface area (Å²) in [5.74, 6) is 0.112. The van der Waals surface area contributed by atoms with Crippen LogP contribution in [0, 0.1) is 5.82 Å². The van der Waals surface area contributed by atoms with Gasteiger partial charge in [0.2, 0.25) is 5.88 Å². The van der Waals surface area contributed by atoms with Crippen molar-refractivity contribution in [3.05, 3.63) is 66.4 Å². The van der Waals surface area contributed by atoms with E-state index in [1.807, 2.05) is 0 Å². The molecule has 0 fully saturated rings. The fourth-order valence-electron chi connectivity index (χ4n) is 2.21. The number of pyridine rings is 2. The van der Waals surface area contributed by atoms with Crippen LogP contribution >= 0.6 is 0 Å². The molecule has 0 aliphatic heterocycles. The SMILES string of the molecule is COc1cc(-c2cccnc2Oc2ccc(C(F)F)nc2)ccc1F. The monoisotopic (exact) mass is 346 g/mol. The third kappa shape index (κ3) is 3.71. The zero-order valence-corrected chi connectivity index (χ0v) is 13.1. The average Bonchev–Trinajstić information content (AvgIpc) is 2.63. The minimum atomic E-state index is -2.65. The summed E-state index contributed by atoms with van der Waals surface area (Å²) in [7, 11) is 1.37. The Bertz CT molecular complexity index is 870. The third-order valence-corrected chi connectivity index (χ3v) is 3.43. The van der Waals surface area contributed by atoms with Gasteiger partial charge in [-0.3, -0.25) is 4.98 Å². The van der Waals surface area contributed by atoms with Crippen LogP contribution in [-0.4, -0.2) is 17.1 Å². The van der Waals surface area contributed by atoms with E-state index in [2.05, 4.69) is 9.97 Å². The number of alkyl halides is 2. The number of ether oxygens (including phenoxy) is 2. The van der Waals surface area contributed by atoms with Gasteiger partial charge in [0, 0.05) is 11.8 Å². The molecular weight excluding hydrogens is 333 g/mol. The van der Waals surface area contributed by atoms with Crippen LogP contribution in [0.5, 0.6) is 17.4 Å². The molecule has 3 rings (SSSR count). The lowest BCUT2D eigenvalue weighted by Crippen LogP contribution is -1.95. The fraction of sp³-hybridized carbons (Fsp3) is 0.111. The molecular formula is C18H13F3N2O2. The van der Waals surface area contributed by atoms with Crippen molar-refractivity contribution in [2.24, 2.45) is 0 Å². The largest absolute Gasteiger partial charge is 0.494 e. The Morgan fingerprint density at radius 2 is 1.88 bits per heavy atom. The van der Waals surface area contributed by atoms with Gasteiger partial charge in [-0.25, -0.2) is 18.2 Å². The van der Waals surface area contributed by atoms with Crippen LogP contribution in [0.25, 0.3) is 11.1 Å². The van der Waals surface area contributed by atoms with E-state index >= 15 is 0 Å². The van der Waals surface area contributed by atoms with Crippen LogP contribution in [0.1, 0.15) is 12.1 Å². The smallest absolute Gasteiger partial charge is 0.280 e. The molecule has 1 aromatic carbocycles. The zero-order chi connectivity index (χ0) is 17.8. The maximum atomic E-state index is 13.6. The molecule has 2 aromatic heterocycles. The standard InChI is InChI=1S/C18H13F3N2O2/c1-24-16-9-11(4-6-14(16)19)13-3-2-8-22-18(13)25-12-5-7-15(17(20)21)23-10-12/h2-10,17H,1H3. The van der Waals surface area contributed by atoms with Crippen LogP contribution < -0.4 is 9.47 Å². The highest BCUT2D eigenvalue weighted by atomic mass is 19.3. The van der Waals surface area contributed by atoms with Gasteiger partial charge in [0.05, 0.1) is 13.3 Å². The van der Waals surface area contributed by atoms with Gasteiger partial charge in [0.15, 0.2) is 11.6 Å². The minimum Gasteiger partial charge on any atom is -0.494 e. The molecule has 0 aliphatic carbocycles. The van der Waals surface area contributed by atoms with E-state index in [-0.39, 0.29) is 23.1 Å². The Labute approximate surface area is 141 Å². The van der Waals surface area contributed by atoms with Gasteiger partial charge in [-0.1, -0.05) is 6.07 Å². The van der Waals surface area contributed by atoms with Crippen LogP contribution in [0.3, 0.4) is 0 Å².